The lowest BCUT2D eigenvalue weighted by Crippen LogP contribution is -2.34. The highest BCUT2D eigenvalue weighted by Gasteiger charge is 2.20. The van der Waals surface area contributed by atoms with Crippen LogP contribution in [0.1, 0.15) is 24.4 Å². The van der Waals surface area contributed by atoms with Gasteiger partial charge in [-0.05, 0) is 36.5 Å². The van der Waals surface area contributed by atoms with Gasteiger partial charge >= 0.3 is 0 Å². The lowest BCUT2D eigenvalue weighted by molar-refractivity contribution is 0.184. The Kier molecular flexibility index (Phi) is 3.34. The monoisotopic (exact) mass is 209 g/mol. The molecule has 2 N–H and O–H groups in total. The summed E-state index contributed by atoms with van der Waals surface area (Å²) < 4.78 is 12.7. The summed E-state index contributed by atoms with van der Waals surface area (Å²) in [6.07, 6.45) is 2.04. The van der Waals surface area contributed by atoms with Gasteiger partial charge in [-0.2, -0.15) is 0 Å². The van der Waals surface area contributed by atoms with Crippen LogP contribution in [-0.4, -0.2) is 18.3 Å². The highest BCUT2D eigenvalue weighted by atomic mass is 19.1. The second kappa shape index (κ2) is 4.73. The molecule has 2 rings (SSSR count). The first-order chi connectivity index (χ1) is 7.29. The third-order valence-corrected chi connectivity index (χ3v) is 3.05. The molecule has 2 atom stereocenters. The molecular formula is C12H16FNO. The van der Waals surface area contributed by atoms with Crippen LogP contribution in [0.4, 0.5) is 4.39 Å². The van der Waals surface area contributed by atoms with Gasteiger partial charge in [0.2, 0.25) is 0 Å². The van der Waals surface area contributed by atoms with Crippen molar-refractivity contribution >= 4 is 0 Å². The van der Waals surface area contributed by atoms with Gasteiger partial charge in [0, 0.05) is 19.2 Å². The first kappa shape index (κ1) is 10.6. The van der Waals surface area contributed by atoms with Crippen molar-refractivity contribution in [3.63, 3.8) is 0 Å². The van der Waals surface area contributed by atoms with Gasteiger partial charge in [0.05, 0.1) is 0 Å². The smallest absolute Gasteiger partial charge is 0.123 e. The van der Waals surface area contributed by atoms with Crippen LogP contribution in [0.5, 0.6) is 0 Å². The summed E-state index contributed by atoms with van der Waals surface area (Å²) in [5, 5.41) is 12.4. The number of aliphatic hydroxyl groups excluding tert-OH is 1. The summed E-state index contributed by atoms with van der Waals surface area (Å²) in [6, 6.07) is 6.96. The number of benzene rings is 1. The summed E-state index contributed by atoms with van der Waals surface area (Å²) in [4.78, 5) is 0. The minimum atomic E-state index is -0.192. The Morgan fingerprint density at radius 1 is 1.27 bits per heavy atom. The maximum Gasteiger partial charge on any atom is 0.123 e. The SMILES string of the molecule is OCC1CCC(c2ccc(F)cc2)NC1. The van der Waals surface area contributed by atoms with E-state index < -0.39 is 0 Å². The summed E-state index contributed by atoms with van der Waals surface area (Å²) in [5.41, 5.74) is 1.13. The summed E-state index contributed by atoms with van der Waals surface area (Å²) in [6.45, 7) is 1.10. The minimum Gasteiger partial charge on any atom is -0.396 e. The molecule has 1 aliphatic rings. The number of hydrogen-bond donors (Lipinski definition) is 2. The average molecular weight is 209 g/mol. The molecule has 0 saturated carbocycles. The molecule has 15 heavy (non-hydrogen) atoms. The highest BCUT2D eigenvalue weighted by molar-refractivity contribution is 5.20. The second-order valence-corrected chi connectivity index (χ2v) is 4.14. The third-order valence-electron chi connectivity index (χ3n) is 3.05. The van der Waals surface area contributed by atoms with E-state index in [1.165, 1.54) is 12.1 Å². The molecule has 1 aromatic rings. The molecule has 0 spiro atoms. The number of aliphatic hydroxyl groups is 1. The molecular weight excluding hydrogens is 193 g/mol. The molecule has 0 radical (unpaired) electrons. The Morgan fingerprint density at radius 3 is 2.53 bits per heavy atom. The normalized spacial score (nSPS) is 26.5. The summed E-state index contributed by atoms with van der Waals surface area (Å²) in [7, 11) is 0. The fourth-order valence-corrected chi connectivity index (χ4v) is 2.05. The third kappa shape index (κ3) is 2.55. The molecule has 0 aliphatic carbocycles. The van der Waals surface area contributed by atoms with E-state index in [1.54, 1.807) is 0 Å². The van der Waals surface area contributed by atoms with E-state index in [9.17, 15) is 4.39 Å². The van der Waals surface area contributed by atoms with Crippen LogP contribution in [0.15, 0.2) is 24.3 Å². The fraction of sp³-hybridized carbons (Fsp3) is 0.500. The van der Waals surface area contributed by atoms with Crippen molar-refractivity contribution in [2.45, 2.75) is 18.9 Å². The summed E-state index contributed by atoms with van der Waals surface area (Å²) >= 11 is 0. The molecule has 1 heterocycles. The quantitative estimate of drug-likeness (QED) is 0.779. The van der Waals surface area contributed by atoms with Gasteiger partial charge < -0.3 is 10.4 Å². The van der Waals surface area contributed by atoms with E-state index in [2.05, 4.69) is 5.32 Å². The number of nitrogens with one attached hydrogen (secondary N) is 1. The zero-order valence-corrected chi connectivity index (χ0v) is 8.62. The largest absolute Gasteiger partial charge is 0.396 e. The number of rotatable bonds is 2. The maximum absolute atomic E-state index is 12.7. The Morgan fingerprint density at radius 2 is 2.00 bits per heavy atom. The van der Waals surface area contributed by atoms with Crippen molar-refractivity contribution < 1.29 is 9.50 Å². The zero-order chi connectivity index (χ0) is 10.7. The molecule has 3 heteroatoms. The molecule has 1 aromatic carbocycles. The predicted octanol–water partition coefficient (Wildman–Crippen LogP) is 1.86. The van der Waals surface area contributed by atoms with Crippen LogP contribution in [0.3, 0.4) is 0 Å². The van der Waals surface area contributed by atoms with E-state index in [1.807, 2.05) is 12.1 Å². The topological polar surface area (TPSA) is 32.3 Å². The second-order valence-electron chi connectivity index (χ2n) is 4.14. The maximum atomic E-state index is 12.7. The van der Waals surface area contributed by atoms with Gasteiger partial charge in [0.15, 0.2) is 0 Å². The van der Waals surface area contributed by atoms with Crippen LogP contribution >= 0.6 is 0 Å². The van der Waals surface area contributed by atoms with Crippen molar-refractivity contribution in [1.29, 1.82) is 0 Å². The van der Waals surface area contributed by atoms with Gasteiger partial charge in [-0.15, -0.1) is 0 Å². The van der Waals surface area contributed by atoms with E-state index in [0.717, 1.165) is 24.9 Å². The van der Waals surface area contributed by atoms with E-state index in [-0.39, 0.29) is 12.4 Å². The van der Waals surface area contributed by atoms with Crippen LogP contribution in [0.2, 0.25) is 0 Å². The Bertz CT molecular complexity index is 304. The Balaban J connectivity index is 1.98. The number of halogens is 1. The highest BCUT2D eigenvalue weighted by Crippen LogP contribution is 2.25. The molecule has 0 bridgehead atoms. The van der Waals surface area contributed by atoms with E-state index in [4.69, 9.17) is 5.11 Å². The van der Waals surface area contributed by atoms with Crippen LogP contribution in [0.25, 0.3) is 0 Å². The van der Waals surface area contributed by atoms with Crippen molar-refractivity contribution in [3.05, 3.63) is 35.6 Å². The fourth-order valence-electron chi connectivity index (χ4n) is 2.05. The van der Waals surface area contributed by atoms with Crippen molar-refractivity contribution in [2.24, 2.45) is 5.92 Å². The number of hydrogen-bond acceptors (Lipinski definition) is 2. The number of piperidine rings is 1. The van der Waals surface area contributed by atoms with Gasteiger partial charge in [-0.1, -0.05) is 12.1 Å². The van der Waals surface area contributed by atoms with Gasteiger partial charge in [-0.3, -0.25) is 0 Å². The standard InChI is InChI=1S/C12H16FNO/c13-11-4-2-10(3-5-11)12-6-1-9(8-15)7-14-12/h2-5,9,12,14-15H,1,6-8H2. The van der Waals surface area contributed by atoms with Crippen molar-refractivity contribution in [3.8, 4) is 0 Å². The van der Waals surface area contributed by atoms with Crippen molar-refractivity contribution in [1.82, 2.24) is 5.32 Å². The average Bonchev–Trinajstić information content (AvgIpc) is 2.30. The van der Waals surface area contributed by atoms with Crippen LogP contribution < -0.4 is 5.32 Å². The molecule has 0 amide bonds. The van der Waals surface area contributed by atoms with Crippen molar-refractivity contribution in [2.75, 3.05) is 13.2 Å². The molecule has 1 saturated heterocycles. The zero-order valence-electron chi connectivity index (χ0n) is 8.62. The van der Waals surface area contributed by atoms with E-state index in [0.29, 0.717) is 12.0 Å². The molecule has 2 nitrogen and oxygen atoms in total. The van der Waals surface area contributed by atoms with Crippen LogP contribution in [0, 0.1) is 11.7 Å². The first-order valence-electron chi connectivity index (χ1n) is 5.39. The molecule has 1 fully saturated rings. The molecule has 0 aromatic heterocycles. The first-order valence-corrected chi connectivity index (χ1v) is 5.39. The molecule has 82 valence electrons. The Hall–Kier alpha value is -0.930. The summed E-state index contributed by atoms with van der Waals surface area (Å²) in [5.74, 6) is 0.185. The molecule has 2 unspecified atom stereocenters. The predicted molar refractivity (Wildman–Crippen MR) is 57.0 cm³/mol. The van der Waals surface area contributed by atoms with Crippen LogP contribution in [-0.2, 0) is 0 Å². The lowest BCUT2D eigenvalue weighted by atomic mass is 9.91. The minimum absolute atomic E-state index is 0.192. The van der Waals surface area contributed by atoms with E-state index >= 15 is 0 Å². The molecule has 1 aliphatic heterocycles. The Labute approximate surface area is 89.1 Å². The lowest BCUT2D eigenvalue weighted by Gasteiger charge is -2.29. The van der Waals surface area contributed by atoms with Gasteiger partial charge in [-0.25, -0.2) is 4.39 Å². The van der Waals surface area contributed by atoms with Gasteiger partial charge in [0.25, 0.3) is 0 Å². The van der Waals surface area contributed by atoms with Gasteiger partial charge in [0.1, 0.15) is 5.82 Å².